The molecule has 9 heteroatoms. The van der Waals surface area contributed by atoms with E-state index in [1.54, 1.807) is 27.7 Å². The van der Waals surface area contributed by atoms with E-state index in [0.717, 1.165) is 18.4 Å². The third kappa shape index (κ3) is 4.88. The average molecular weight is 547 g/mol. The average Bonchev–Trinajstić information content (AvgIpc) is 2.94. The number of fused-ring (bicyclic) bond motifs is 1. The smallest absolute Gasteiger partial charge is 0.354 e. The number of aromatic nitrogens is 2. The van der Waals surface area contributed by atoms with Crippen LogP contribution in [0.15, 0.2) is 72.0 Å². The number of carbonyl (C=O) groups is 1. The van der Waals surface area contributed by atoms with E-state index in [-0.39, 0.29) is 16.5 Å². The van der Waals surface area contributed by atoms with Crippen molar-refractivity contribution >= 4 is 34.2 Å². The van der Waals surface area contributed by atoms with Gasteiger partial charge in [0.05, 0.1) is 11.2 Å². The topological polar surface area (TPSA) is 78.7 Å². The lowest BCUT2D eigenvalue weighted by Crippen LogP contribution is -2.49. The molecule has 1 aromatic heterocycles. The lowest BCUT2D eigenvalue weighted by molar-refractivity contribution is -0.126. The van der Waals surface area contributed by atoms with Crippen LogP contribution in [0.25, 0.3) is 27.7 Å². The van der Waals surface area contributed by atoms with E-state index in [1.165, 1.54) is 18.2 Å². The molecule has 1 aliphatic rings. The third-order valence-corrected chi connectivity index (χ3v) is 7.36. The van der Waals surface area contributed by atoms with Gasteiger partial charge < -0.3 is 14.9 Å². The van der Waals surface area contributed by atoms with Crippen molar-refractivity contribution in [2.45, 2.75) is 19.8 Å². The molecule has 0 spiro atoms. The van der Waals surface area contributed by atoms with Crippen LogP contribution in [0.3, 0.4) is 0 Å². The van der Waals surface area contributed by atoms with Gasteiger partial charge in [-0.1, -0.05) is 61.9 Å². The van der Waals surface area contributed by atoms with Gasteiger partial charge in [0.1, 0.15) is 5.82 Å². The van der Waals surface area contributed by atoms with Crippen LogP contribution >= 0.6 is 11.6 Å². The number of aromatic hydroxyl groups is 1. The molecular weight excluding hydrogens is 519 g/mol. The minimum atomic E-state index is -0.795. The number of nitrogens with zero attached hydrogens (tertiary/aromatic N) is 4. The summed E-state index contributed by atoms with van der Waals surface area (Å²) >= 11 is 6.73. The minimum absolute atomic E-state index is 0.123. The number of carbonyl (C=O) groups excluding carboxylic acids is 1. The molecule has 4 aromatic rings. The number of hydrogen-bond acceptors (Lipinski definition) is 5. The molecule has 7 nitrogen and oxygen atoms in total. The quantitative estimate of drug-likeness (QED) is 0.330. The SMILES string of the molecule is C=CC(=O)N1CCN(c2nc(=O)n(-c3ccccc3CCC)c3cc(-c4cccc(O)c4F)c(Cl)cc23)CC1. The molecular formula is C30H28ClFN4O3. The van der Waals surface area contributed by atoms with Gasteiger partial charge in [-0.2, -0.15) is 4.98 Å². The first-order chi connectivity index (χ1) is 18.8. The van der Waals surface area contributed by atoms with Crippen molar-refractivity contribution < 1.29 is 14.3 Å². The molecule has 1 saturated heterocycles. The number of phenolic OH excluding ortho intramolecular Hbond substituents is 1. The number of hydrogen-bond donors (Lipinski definition) is 1. The van der Waals surface area contributed by atoms with Crippen molar-refractivity contribution in [2.24, 2.45) is 0 Å². The molecule has 0 atom stereocenters. The van der Waals surface area contributed by atoms with E-state index in [4.69, 9.17) is 11.6 Å². The lowest BCUT2D eigenvalue weighted by atomic mass is 10.0. The van der Waals surface area contributed by atoms with E-state index in [9.17, 15) is 19.1 Å². The van der Waals surface area contributed by atoms with Crippen molar-refractivity contribution in [3.8, 4) is 22.6 Å². The van der Waals surface area contributed by atoms with E-state index in [0.29, 0.717) is 54.2 Å². The summed E-state index contributed by atoms with van der Waals surface area (Å²) in [6, 6.07) is 15.4. The van der Waals surface area contributed by atoms with Crippen molar-refractivity contribution in [3.05, 3.63) is 94.1 Å². The van der Waals surface area contributed by atoms with Crippen LogP contribution in [-0.2, 0) is 11.2 Å². The number of rotatable bonds is 6. The Kier molecular flexibility index (Phi) is 7.39. The Hall–Kier alpha value is -4.17. The van der Waals surface area contributed by atoms with Gasteiger partial charge in [-0.15, -0.1) is 0 Å². The van der Waals surface area contributed by atoms with Crippen LogP contribution in [0.2, 0.25) is 5.02 Å². The highest BCUT2D eigenvalue weighted by Crippen LogP contribution is 2.38. The summed E-state index contributed by atoms with van der Waals surface area (Å²) in [4.78, 5) is 34.0. The summed E-state index contributed by atoms with van der Waals surface area (Å²) in [5, 5.41) is 10.9. The molecule has 0 bridgehead atoms. The number of halogens is 2. The highest BCUT2D eigenvalue weighted by atomic mass is 35.5. The number of amides is 1. The van der Waals surface area contributed by atoms with Gasteiger partial charge in [-0.3, -0.25) is 9.36 Å². The van der Waals surface area contributed by atoms with E-state index < -0.39 is 17.3 Å². The fourth-order valence-corrected chi connectivity index (χ4v) is 5.38. The number of para-hydroxylation sites is 1. The summed E-state index contributed by atoms with van der Waals surface area (Å²) in [6.07, 6.45) is 2.93. The second-order valence-corrected chi connectivity index (χ2v) is 9.84. The number of benzene rings is 3. The number of piperazine rings is 1. The first kappa shape index (κ1) is 26.4. The van der Waals surface area contributed by atoms with Gasteiger partial charge in [0.15, 0.2) is 11.6 Å². The van der Waals surface area contributed by atoms with Crippen molar-refractivity contribution in [1.29, 1.82) is 0 Å². The lowest BCUT2D eigenvalue weighted by Gasteiger charge is -2.35. The molecule has 2 heterocycles. The molecule has 1 amide bonds. The Morgan fingerprint density at radius 2 is 1.85 bits per heavy atom. The van der Waals surface area contributed by atoms with Gasteiger partial charge >= 0.3 is 5.69 Å². The molecule has 0 aliphatic carbocycles. The van der Waals surface area contributed by atoms with Gasteiger partial charge in [0.25, 0.3) is 0 Å². The van der Waals surface area contributed by atoms with Crippen LogP contribution in [0.4, 0.5) is 10.2 Å². The van der Waals surface area contributed by atoms with Crippen molar-refractivity contribution in [2.75, 3.05) is 31.1 Å². The highest BCUT2D eigenvalue weighted by Gasteiger charge is 2.25. The van der Waals surface area contributed by atoms with Crippen LogP contribution in [0.5, 0.6) is 5.75 Å². The maximum absolute atomic E-state index is 15.0. The minimum Gasteiger partial charge on any atom is -0.505 e. The van der Waals surface area contributed by atoms with E-state index in [2.05, 4.69) is 18.5 Å². The number of anilines is 1. The maximum atomic E-state index is 15.0. The van der Waals surface area contributed by atoms with E-state index >= 15 is 0 Å². The van der Waals surface area contributed by atoms with Gasteiger partial charge in [0, 0.05) is 47.7 Å². The molecule has 0 unspecified atom stereocenters. The summed E-state index contributed by atoms with van der Waals surface area (Å²) in [5.41, 5.74) is 2.18. The van der Waals surface area contributed by atoms with Crippen LogP contribution in [0, 0.1) is 5.82 Å². The van der Waals surface area contributed by atoms with Crippen LogP contribution < -0.4 is 10.6 Å². The van der Waals surface area contributed by atoms with Gasteiger partial charge in [-0.25, -0.2) is 9.18 Å². The Morgan fingerprint density at radius 1 is 1.10 bits per heavy atom. The molecule has 1 aliphatic heterocycles. The highest BCUT2D eigenvalue weighted by molar-refractivity contribution is 6.34. The largest absolute Gasteiger partial charge is 0.505 e. The molecule has 1 N–H and O–H groups in total. The number of phenols is 1. The first-order valence-electron chi connectivity index (χ1n) is 12.8. The second kappa shape index (κ2) is 10.9. The predicted molar refractivity (Wildman–Crippen MR) is 152 cm³/mol. The van der Waals surface area contributed by atoms with Crippen LogP contribution in [-0.4, -0.2) is 51.6 Å². The first-order valence-corrected chi connectivity index (χ1v) is 13.2. The predicted octanol–water partition coefficient (Wildman–Crippen LogP) is 5.34. The standard InChI is InChI=1S/C30H28ClFN4O3/c1-3-8-19-9-5-6-11-24(19)36-25-18-21(20-10-7-12-26(37)28(20)32)23(31)17-22(25)29(33-30(36)39)35-15-13-34(14-16-35)27(38)4-2/h4-7,9-12,17-18,37H,2-3,8,13-16H2,1H3. The molecule has 0 saturated carbocycles. The molecule has 5 rings (SSSR count). The Labute approximate surface area is 230 Å². The Balaban J connectivity index is 1.76. The third-order valence-electron chi connectivity index (χ3n) is 7.05. The summed E-state index contributed by atoms with van der Waals surface area (Å²) in [5.74, 6) is -0.973. The zero-order chi connectivity index (χ0) is 27.7. The fraction of sp³-hybridized carbons (Fsp3) is 0.233. The fourth-order valence-electron chi connectivity index (χ4n) is 5.12. The summed E-state index contributed by atoms with van der Waals surface area (Å²) in [6.45, 7) is 7.48. The molecule has 0 radical (unpaired) electrons. The van der Waals surface area contributed by atoms with Gasteiger partial charge in [0.2, 0.25) is 5.91 Å². The molecule has 1 fully saturated rings. The normalized spacial score (nSPS) is 13.6. The van der Waals surface area contributed by atoms with Crippen LogP contribution in [0.1, 0.15) is 18.9 Å². The Morgan fingerprint density at radius 3 is 2.56 bits per heavy atom. The zero-order valence-electron chi connectivity index (χ0n) is 21.5. The molecule has 3 aromatic carbocycles. The zero-order valence-corrected chi connectivity index (χ0v) is 22.3. The van der Waals surface area contributed by atoms with Crippen molar-refractivity contribution in [3.63, 3.8) is 0 Å². The Bertz CT molecular complexity index is 1640. The van der Waals surface area contributed by atoms with Gasteiger partial charge in [-0.05, 0) is 42.3 Å². The monoisotopic (exact) mass is 546 g/mol. The van der Waals surface area contributed by atoms with Crippen molar-refractivity contribution in [1.82, 2.24) is 14.5 Å². The summed E-state index contributed by atoms with van der Waals surface area (Å²) < 4.78 is 16.5. The van der Waals surface area contributed by atoms with E-state index in [1.807, 2.05) is 29.2 Å². The molecule has 39 heavy (non-hydrogen) atoms. The maximum Gasteiger partial charge on any atom is 0.354 e. The number of aryl methyl sites for hydroxylation is 1. The molecule has 200 valence electrons. The summed E-state index contributed by atoms with van der Waals surface area (Å²) in [7, 11) is 0. The second-order valence-electron chi connectivity index (χ2n) is 9.44.